The van der Waals surface area contributed by atoms with E-state index in [0.717, 1.165) is 17.5 Å². The van der Waals surface area contributed by atoms with Crippen LogP contribution in [0.15, 0.2) is 38.8 Å². The average Bonchev–Trinajstić information content (AvgIpc) is 3.17. The fourth-order valence-electron chi connectivity index (χ4n) is 2.20. The molecule has 0 bridgehead atoms. The van der Waals surface area contributed by atoms with Gasteiger partial charge < -0.3 is 14.1 Å². The lowest BCUT2D eigenvalue weighted by Crippen LogP contribution is -2.24. The number of aromatic nitrogens is 3. The van der Waals surface area contributed by atoms with Gasteiger partial charge >= 0.3 is 5.97 Å². The lowest BCUT2D eigenvalue weighted by Gasteiger charge is -2.10. The number of ether oxygens (including phenoxy) is 1. The van der Waals surface area contributed by atoms with E-state index in [0.29, 0.717) is 22.0 Å². The maximum atomic E-state index is 12.7. The van der Waals surface area contributed by atoms with E-state index in [1.807, 2.05) is 6.92 Å². The van der Waals surface area contributed by atoms with Crippen LogP contribution in [0.4, 0.5) is 0 Å². The standard InChI is InChI=1S/C15H15N3O4S/c1-9-6-11-13(16-9)14(20)18(7-10-4-3-5-22-10)15(17-11)23-8-12(19)21-2/h3-6,16H,7-8H2,1-2H3. The average molecular weight is 333 g/mol. The fraction of sp³-hybridized carbons (Fsp3) is 0.267. The molecule has 0 saturated carbocycles. The summed E-state index contributed by atoms with van der Waals surface area (Å²) in [6.07, 6.45) is 1.55. The number of aryl methyl sites for hydroxylation is 1. The van der Waals surface area contributed by atoms with Crippen LogP contribution in [0.1, 0.15) is 11.5 Å². The summed E-state index contributed by atoms with van der Waals surface area (Å²) in [6.45, 7) is 2.11. The zero-order valence-electron chi connectivity index (χ0n) is 12.7. The number of nitrogens with one attached hydrogen (secondary N) is 1. The van der Waals surface area contributed by atoms with Crippen LogP contribution in [0, 0.1) is 6.92 Å². The molecule has 0 aromatic carbocycles. The van der Waals surface area contributed by atoms with Gasteiger partial charge in [-0.25, -0.2) is 4.98 Å². The number of methoxy groups -OCH3 is 1. The summed E-state index contributed by atoms with van der Waals surface area (Å²) in [5.41, 5.74) is 1.67. The minimum Gasteiger partial charge on any atom is -0.468 e. The number of carbonyl (C=O) groups is 1. The van der Waals surface area contributed by atoms with Crippen LogP contribution in [0.5, 0.6) is 0 Å². The fourth-order valence-corrected chi connectivity index (χ4v) is 3.03. The van der Waals surface area contributed by atoms with Crippen molar-refractivity contribution in [3.8, 4) is 0 Å². The first-order valence-corrected chi connectivity index (χ1v) is 7.89. The Hall–Kier alpha value is -2.48. The van der Waals surface area contributed by atoms with Gasteiger partial charge in [0.05, 0.1) is 31.2 Å². The Kier molecular flexibility index (Phi) is 4.24. The van der Waals surface area contributed by atoms with Crippen LogP contribution in [-0.4, -0.2) is 33.4 Å². The first-order valence-electron chi connectivity index (χ1n) is 6.90. The topological polar surface area (TPSA) is 90.1 Å². The minimum absolute atomic E-state index is 0.0794. The van der Waals surface area contributed by atoms with E-state index >= 15 is 0 Å². The lowest BCUT2D eigenvalue weighted by molar-refractivity contribution is -0.137. The highest BCUT2D eigenvalue weighted by atomic mass is 32.2. The quantitative estimate of drug-likeness (QED) is 0.436. The number of hydrogen-bond acceptors (Lipinski definition) is 6. The smallest absolute Gasteiger partial charge is 0.316 e. The third-order valence-corrected chi connectivity index (χ3v) is 4.23. The van der Waals surface area contributed by atoms with E-state index < -0.39 is 0 Å². The maximum absolute atomic E-state index is 12.7. The first kappa shape index (κ1) is 15.4. The van der Waals surface area contributed by atoms with E-state index in [-0.39, 0.29) is 23.8 Å². The number of hydrogen-bond donors (Lipinski definition) is 1. The maximum Gasteiger partial charge on any atom is 0.316 e. The van der Waals surface area contributed by atoms with E-state index in [9.17, 15) is 9.59 Å². The predicted molar refractivity (Wildman–Crippen MR) is 85.6 cm³/mol. The molecular weight excluding hydrogens is 318 g/mol. The molecule has 3 heterocycles. The Bertz CT molecular complexity index is 895. The Morgan fingerprint density at radius 1 is 1.52 bits per heavy atom. The number of aromatic amines is 1. The van der Waals surface area contributed by atoms with Gasteiger partial charge in [-0.05, 0) is 25.1 Å². The molecule has 0 aliphatic heterocycles. The van der Waals surface area contributed by atoms with Gasteiger partial charge in [-0.2, -0.15) is 0 Å². The molecule has 0 amide bonds. The van der Waals surface area contributed by atoms with Crippen LogP contribution in [0.25, 0.3) is 11.0 Å². The van der Waals surface area contributed by atoms with Gasteiger partial charge in [0.2, 0.25) is 0 Å². The summed E-state index contributed by atoms with van der Waals surface area (Å²) in [5, 5.41) is 0.448. The highest BCUT2D eigenvalue weighted by molar-refractivity contribution is 7.99. The Morgan fingerprint density at radius 2 is 2.35 bits per heavy atom. The van der Waals surface area contributed by atoms with Gasteiger partial charge in [-0.15, -0.1) is 0 Å². The molecule has 3 aromatic rings. The molecule has 0 saturated heterocycles. The number of thioether (sulfide) groups is 1. The molecule has 0 radical (unpaired) electrons. The second kappa shape index (κ2) is 6.33. The SMILES string of the molecule is COC(=O)CSc1nc2cc(C)[nH]c2c(=O)n1Cc1ccco1. The second-order valence-electron chi connectivity index (χ2n) is 4.94. The molecule has 0 unspecified atom stereocenters. The number of rotatable bonds is 5. The van der Waals surface area contributed by atoms with Gasteiger partial charge in [0, 0.05) is 5.69 Å². The third kappa shape index (κ3) is 3.16. The molecule has 3 aromatic heterocycles. The summed E-state index contributed by atoms with van der Waals surface area (Å²) in [6, 6.07) is 5.34. The van der Waals surface area contributed by atoms with Gasteiger partial charge in [-0.1, -0.05) is 11.8 Å². The van der Waals surface area contributed by atoms with Crippen LogP contribution >= 0.6 is 11.8 Å². The van der Waals surface area contributed by atoms with E-state index in [1.165, 1.54) is 11.7 Å². The molecule has 8 heteroatoms. The van der Waals surface area contributed by atoms with Crippen molar-refractivity contribution in [2.24, 2.45) is 0 Å². The van der Waals surface area contributed by atoms with Crippen molar-refractivity contribution in [1.82, 2.24) is 14.5 Å². The van der Waals surface area contributed by atoms with Gasteiger partial charge in [0.1, 0.15) is 11.3 Å². The number of carbonyl (C=O) groups excluding carboxylic acids is 1. The Labute approximate surface area is 135 Å². The van der Waals surface area contributed by atoms with Crippen molar-refractivity contribution in [3.05, 3.63) is 46.3 Å². The summed E-state index contributed by atoms with van der Waals surface area (Å²) in [4.78, 5) is 31.6. The van der Waals surface area contributed by atoms with Crippen LogP contribution < -0.4 is 5.56 Å². The largest absolute Gasteiger partial charge is 0.468 e. The molecule has 0 aliphatic carbocycles. The molecule has 0 spiro atoms. The van der Waals surface area contributed by atoms with Crippen molar-refractivity contribution in [1.29, 1.82) is 0 Å². The normalized spacial score (nSPS) is 11.0. The number of esters is 1. The third-order valence-electron chi connectivity index (χ3n) is 3.28. The zero-order chi connectivity index (χ0) is 16.4. The molecule has 120 valence electrons. The summed E-state index contributed by atoms with van der Waals surface area (Å²) >= 11 is 1.16. The van der Waals surface area contributed by atoms with Gasteiger partial charge in [-0.3, -0.25) is 14.2 Å². The van der Waals surface area contributed by atoms with Crippen LogP contribution in [0.3, 0.4) is 0 Å². The van der Waals surface area contributed by atoms with Crippen molar-refractivity contribution >= 4 is 28.8 Å². The summed E-state index contributed by atoms with van der Waals surface area (Å²) < 4.78 is 11.4. The highest BCUT2D eigenvalue weighted by Gasteiger charge is 2.16. The number of nitrogens with zero attached hydrogens (tertiary/aromatic N) is 2. The van der Waals surface area contributed by atoms with E-state index in [4.69, 9.17) is 4.42 Å². The van der Waals surface area contributed by atoms with Gasteiger partial charge in [0.15, 0.2) is 5.16 Å². The van der Waals surface area contributed by atoms with Crippen LogP contribution in [0.2, 0.25) is 0 Å². The number of H-pyrrole nitrogens is 1. The molecule has 0 atom stereocenters. The summed E-state index contributed by atoms with van der Waals surface area (Å²) in [5.74, 6) is 0.339. The van der Waals surface area contributed by atoms with Crippen molar-refractivity contribution in [3.63, 3.8) is 0 Å². The van der Waals surface area contributed by atoms with E-state index in [1.54, 1.807) is 24.5 Å². The van der Waals surface area contributed by atoms with Crippen molar-refractivity contribution < 1.29 is 13.9 Å². The second-order valence-corrected chi connectivity index (χ2v) is 5.88. The molecule has 1 N–H and O–H groups in total. The molecule has 0 fully saturated rings. The van der Waals surface area contributed by atoms with Crippen LogP contribution in [-0.2, 0) is 16.1 Å². The molecule has 0 aliphatic rings. The minimum atomic E-state index is -0.376. The van der Waals surface area contributed by atoms with Crippen molar-refractivity contribution in [2.45, 2.75) is 18.6 Å². The highest BCUT2D eigenvalue weighted by Crippen LogP contribution is 2.19. The molecule has 7 nitrogen and oxygen atoms in total. The molecule has 23 heavy (non-hydrogen) atoms. The first-order chi connectivity index (χ1) is 11.1. The monoisotopic (exact) mass is 333 g/mol. The number of furan rings is 1. The zero-order valence-corrected chi connectivity index (χ0v) is 13.5. The lowest BCUT2D eigenvalue weighted by atomic mass is 10.4. The van der Waals surface area contributed by atoms with E-state index in [2.05, 4.69) is 14.7 Å². The molecule has 3 rings (SSSR count). The van der Waals surface area contributed by atoms with Gasteiger partial charge in [0.25, 0.3) is 5.56 Å². The molecular formula is C15H15N3O4S. The Balaban J connectivity index is 2.06. The van der Waals surface area contributed by atoms with Crippen molar-refractivity contribution in [2.75, 3.05) is 12.9 Å². The Morgan fingerprint density at radius 3 is 3.04 bits per heavy atom. The predicted octanol–water partition coefficient (Wildman–Crippen LogP) is 1.94. The summed E-state index contributed by atoms with van der Waals surface area (Å²) in [7, 11) is 1.32. The number of fused-ring (bicyclic) bond motifs is 1.